The molecule has 4 heteroatoms. The van der Waals surface area contributed by atoms with Crippen LogP contribution in [-0.4, -0.2) is 16.4 Å². The second kappa shape index (κ2) is 26.0. The van der Waals surface area contributed by atoms with Crippen LogP contribution in [0.4, 0.5) is 0 Å². The van der Waals surface area contributed by atoms with Gasteiger partial charge in [-0.15, -0.1) is 0 Å². The van der Waals surface area contributed by atoms with Crippen molar-refractivity contribution in [2.24, 2.45) is 0 Å². The molecule has 0 radical (unpaired) electrons. The summed E-state index contributed by atoms with van der Waals surface area (Å²) in [6.45, 7) is 5.04. The monoisotopic (exact) mass is 612 g/mol. The van der Waals surface area contributed by atoms with Gasteiger partial charge in [-0.2, -0.15) is 0 Å². The first-order valence-corrected chi connectivity index (χ1v) is 19.3. The molecule has 2 aromatic rings. The number of hydrogen-bond donors (Lipinski definition) is 2. The van der Waals surface area contributed by atoms with Crippen LogP contribution in [0.5, 0.6) is 0 Å². The standard InChI is InChI=1S/C39H65O3P/c1-3-5-7-9-11-15-19-27-35-29-22-24-31-37(35)39(33-21-17-13-14-18-26-34-42-43(40)41)38-32-25-23-30-36(38)28-20-16-12-10-8-6-4-2/h22-25,29-32,39-41H,3-21,26-28,33-34H2,1-2H3. The molecule has 0 aromatic heterocycles. The Morgan fingerprint density at radius 2 is 0.907 bits per heavy atom. The average molecular weight is 613 g/mol. The van der Waals surface area contributed by atoms with Crippen molar-refractivity contribution < 1.29 is 14.3 Å². The number of rotatable bonds is 28. The van der Waals surface area contributed by atoms with Crippen LogP contribution in [0.25, 0.3) is 0 Å². The summed E-state index contributed by atoms with van der Waals surface area (Å²) in [4.78, 5) is 17.8. The fraction of sp³-hybridized carbons (Fsp3) is 0.692. The van der Waals surface area contributed by atoms with Crippen LogP contribution in [0.15, 0.2) is 48.5 Å². The van der Waals surface area contributed by atoms with Crippen LogP contribution in [-0.2, 0) is 17.4 Å². The highest BCUT2D eigenvalue weighted by Crippen LogP contribution is 2.36. The maximum absolute atomic E-state index is 8.90. The summed E-state index contributed by atoms with van der Waals surface area (Å²) >= 11 is 0. The van der Waals surface area contributed by atoms with E-state index in [0.717, 1.165) is 12.8 Å². The second-order valence-corrected chi connectivity index (χ2v) is 13.5. The lowest BCUT2D eigenvalue weighted by Crippen LogP contribution is -2.08. The summed E-state index contributed by atoms with van der Waals surface area (Å²) in [6, 6.07) is 18.7. The van der Waals surface area contributed by atoms with E-state index < -0.39 is 8.60 Å². The highest BCUT2D eigenvalue weighted by atomic mass is 31.2. The number of hydrogen-bond acceptors (Lipinski definition) is 3. The van der Waals surface area contributed by atoms with Crippen LogP contribution in [0.1, 0.15) is 177 Å². The molecule has 0 aliphatic rings. The second-order valence-electron chi connectivity index (χ2n) is 12.7. The summed E-state index contributed by atoms with van der Waals surface area (Å²) in [5.41, 5.74) is 6.28. The lowest BCUT2D eigenvalue weighted by molar-refractivity contribution is 0.248. The smallest absolute Gasteiger partial charge is 0.327 e. The van der Waals surface area contributed by atoms with E-state index >= 15 is 0 Å². The van der Waals surface area contributed by atoms with Crippen molar-refractivity contribution in [2.75, 3.05) is 6.61 Å². The van der Waals surface area contributed by atoms with Crippen molar-refractivity contribution in [1.82, 2.24) is 0 Å². The molecule has 0 aliphatic heterocycles. The molecule has 3 nitrogen and oxygen atoms in total. The molecule has 2 aromatic carbocycles. The van der Waals surface area contributed by atoms with Gasteiger partial charge in [-0.25, -0.2) is 0 Å². The third-order valence-electron chi connectivity index (χ3n) is 9.05. The molecule has 0 fully saturated rings. The summed E-state index contributed by atoms with van der Waals surface area (Å²) in [5, 5.41) is 0. The fourth-order valence-electron chi connectivity index (χ4n) is 6.53. The summed E-state index contributed by atoms with van der Waals surface area (Å²) in [6.07, 6.45) is 29.5. The molecule has 0 aliphatic carbocycles. The zero-order valence-electron chi connectivity index (χ0n) is 27.9. The van der Waals surface area contributed by atoms with Crippen LogP contribution in [0.2, 0.25) is 0 Å². The molecule has 0 saturated heterocycles. The molecule has 0 bridgehead atoms. The quantitative estimate of drug-likeness (QED) is 0.0742. The van der Waals surface area contributed by atoms with Gasteiger partial charge in [-0.1, -0.05) is 172 Å². The van der Waals surface area contributed by atoms with Gasteiger partial charge in [0.05, 0.1) is 6.61 Å². The van der Waals surface area contributed by atoms with Crippen molar-refractivity contribution in [1.29, 1.82) is 0 Å². The predicted octanol–water partition coefficient (Wildman–Crippen LogP) is 12.4. The van der Waals surface area contributed by atoms with E-state index in [2.05, 4.69) is 62.4 Å². The SMILES string of the molecule is CCCCCCCCCc1ccccc1C(CCCCCCCCOP(O)O)c1ccccc1CCCCCCCCC. The first-order chi connectivity index (χ1) is 21.2. The molecule has 0 amide bonds. The Balaban J connectivity index is 2.03. The van der Waals surface area contributed by atoms with Crippen molar-refractivity contribution in [3.63, 3.8) is 0 Å². The number of aryl methyl sites for hydroxylation is 2. The molecule has 0 heterocycles. The van der Waals surface area contributed by atoms with E-state index in [1.807, 2.05) is 0 Å². The maximum atomic E-state index is 8.90. The highest BCUT2D eigenvalue weighted by molar-refractivity contribution is 7.39. The van der Waals surface area contributed by atoms with Gasteiger partial charge in [0.2, 0.25) is 0 Å². The zero-order valence-corrected chi connectivity index (χ0v) is 28.8. The molecule has 0 spiro atoms. The number of unbranched alkanes of at least 4 members (excludes halogenated alkanes) is 17. The van der Waals surface area contributed by atoms with Crippen molar-refractivity contribution in [3.8, 4) is 0 Å². The van der Waals surface area contributed by atoms with Crippen molar-refractivity contribution >= 4 is 8.60 Å². The molecule has 0 saturated carbocycles. The van der Waals surface area contributed by atoms with Gasteiger partial charge < -0.3 is 14.3 Å². The topological polar surface area (TPSA) is 49.7 Å². The van der Waals surface area contributed by atoms with Gasteiger partial charge in [0.15, 0.2) is 0 Å². The highest BCUT2D eigenvalue weighted by Gasteiger charge is 2.20. The summed E-state index contributed by atoms with van der Waals surface area (Å²) < 4.78 is 4.91. The summed E-state index contributed by atoms with van der Waals surface area (Å²) in [5.74, 6) is 0.475. The van der Waals surface area contributed by atoms with Gasteiger partial charge in [0.25, 0.3) is 0 Å². The normalized spacial score (nSPS) is 11.7. The minimum Gasteiger partial charge on any atom is -0.328 e. The minimum atomic E-state index is -2.21. The van der Waals surface area contributed by atoms with Gasteiger partial charge in [0, 0.05) is 5.92 Å². The minimum absolute atomic E-state index is 0.450. The Bertz CT molecular complexity index is 853. The largest absolute Gasteiger partial charge is 0.328 e. The van der Waals surface area contributed by atoms with Crippen molar-refractivity contribution in [2.45, 2.75) is 167 Å². The lowest BCUT2D eigenvalue weighted by Gasteiger charge is -2.24. The molecule has 244 valence electrons. The summed E-state index contributed by atoms with van der Waals surface area (Å²) in [7, 11) is -2.21. The van der Waals surface area contributed by atoms with Gasteiger partial charge in [0.1, 0.15) is 0 Å². The van der Waals surface area contributed by atoms with Gasteiger partial charge >= 0.3 is 8.60 Å². The van der Waals surface area contributed by atoms with Crippen LogP contribution >= 0.6 is 8.60 Å². The molecular weight excluding hydrogens is 547 g/mol. The van der Waals surface area contributed by atoms with E-state index in [-0.39, 0.29) is 0 Å². The van der Waals surface area contributed by atoms with Crippen LogP contribution in [0, 0.1) is 0 Å². The Morgan fingerprint density at radius 1 is 0.512 bits per heavy atom. The Hall–Kier alpha value is -1.25. The van der Waals surface area contributed by atoms with E-state index in [4.69, 9.17) is 14.3 Å². The lowest BCUT2D eigenvalue weighted by atomic mass is 9.80. The van der Waals surface area contributed by atoms with E-state index in [9.17, 15) is 0 Å². The first-order valence-electron chi connectivity index (χ1n) is 18.1. The van der Waals surface area contributed by atoms with E-state index in [1.165, 1.54) is 135 Å². The molecule has 0 atom stereocenters. The number of benzene rings is 2. The zero-order chi connectivity index (χ0) is 30.8. The Kier molecular flexibility index (Phi) is 23.0. The van der Waals surface area contributed by atoms with Gasteiger partial charge in [-0.05, 0) is 60.8 Å². The fourth-order valence-corrected chi connectivity index (χ4v) is 6.82. The first kappa shape index (κ1) is 37.9. The third kappa shape index (κ3) is 17.7. The molecule has 43 heavy (non-hydrogen) atoms. The van der Waals surface area contributed by atoms with Crippen molar-refractivity contribution in [3.05, 3.63) is 70.8 Å². The maximum Gasteiger partial charge on any atom is 0.327 e. The van der Waals surface area contributed by atoms with Gasteiger partial charge in [-0.3, -0.25) is 0 Å². The predicted molar refractivity (Wildman–Crippen MR) is 188 cm³/mol. The Morgan fingerprint density at radius 3 is 1.37 bits per heavy atom. The van der Waals surface area contributed by atoms with Crippen LogP contribution < -0.4 is 0 Å². The Labute approximate surface area is 267 Å². The third-order valence-corrected chi connectivity index (χ3v) is 9.47. The van der Waals surface area contributed by atoms with E-state index in [1.54, 1.807) is 22.3 Å². The van der Waals surface area contributed by atoms with Crippen LogP contribution in [0.3, 0.4) is 0 Å². The van der Waals surface area contributed by atoms with E-state index in [0.29, 0.717) is 12.5 Å². The molecule has 0 unspecified atom stereocenters. The molecule has 2 rings (SSSR count). The average Bonchev–Trinajstić information content (AvgIpc) is 3.02. The molecule has 2 N–H and O–H groups in total. The molecular formula is C39H65O3P.